The molecule has 0 aromatic heterocycles. The molecule has 1 saturated heterocycles. The van der Waals surface area contributed by atoms with Gasteiger partial charge < -0.3 is 4.90 Å². The fourth-order valence-electron chi connectivity index (χ4n) is 3.89. The summed E-state index contributed by atoms with van der Waals surface area (Å²) in [5.41, 5.74) is 2.43. The van der Waals surface area contributed by atoms with Gasteiger partial charge in [-0.25, -0.2) is 12.8 Å². The van der Waals surface area contributed by atoms with Gasteiger partial charge in [0.2, 0.25) is 0 Å². The quantitative estimate of drug-likeness (QED) is 0.464. The number of carbonyl (C=O) groups excluding carboxylic acids is 1. The van der Waals surface area contributed by atoms with Crippen molar-refractivity contribution in [3.8, 4) is 11.1 Å². The molecule has 1 unspecified atom stereocenters. The van der Waals surface area contributed by atoms with Crippen LogP contribution in [0.15, 0.2) is 66.7 Å². The Balaban J connectivity index is 1.62. The molecular formula is C24H20Cl2FNO3S. The summed E-state index contributed by atoms with van der Waals surface area (Å²) >= 11 is 12.3. The summed E-state index contributed by atoms with van der Waals surface area (Å²) in [6, 6.07) is 17.9. The number of amides is 1. The van der Waals surface area contributed by atoms with Gasteiger partial charge in [-0.05, 0) is 41.8 Å². The lowest BCUT2D eigenvalue weighted by atomic mass is 10.0. The zero-order valence-corrected chi connectivity index (χ0v) is 19.3. The van der Waals surface area contributed by atoms with E-state index >= 15 is 0 Å². The third-order valence-corrected chi connectivity index (χ3v) is 7.86. The Morgan fingerprint density at radius 1 is 1.03 bits per heavy atom. The van der Waals surface area contributed by atoms with Gasteiger partial charge in [-0.3, -0.25) is 4.79 Å². The molecule has 0 spiro atoms. The molecule has 4 rings (SSSR count). The summed E-state index contributed by atoms with van der Waals surface area (Å²) < 4.78 is 38.4. The summed E-state index contributed by atoms with van der Waals surface area (Å²) in [6.45, 7) is 0.169. The first-order valence-electron chi connectivity index (χ1n) is 10.0. The van der Waals surface area contributed by atoms with Gasteiger partial charge >= 0.3 is 0 Å². The summed E-state index contributed by atoms with van der Waals surface area (Å²) in [5, 5.41) is 1.07. The summed E-state index contributed by atoms with van der Waals surface area (Å²) in [7, 11) is -3.22. The van der Waals surface area contributed by atoms with Crippen LogP contribution < -0.4 is 0 Å². The van der Waals surface area contributed by atoms with Crippen molar-refractivity contribution in [2.75, 3.05) is 11.5 Å². The molecule has 32 heavy (non-hydrogen) atoms. The van der Waals surface area contributed by atoms with E-state index in [0.717, 1.165) is 16.7 Å². The maximum absolute atomic E-state index is 14.3. The highest BCUT2D eigenvalue weighted by atomic mass is 35.5. The fraction of sp³-hybridized carbons (Fsp3) is 0.208. The first kappa shape index (κ1) is 22.8. The Bertz CT molecular complexity index is 1260. The topological polar surface area (TPSA) is 54.5 Å². The second-order valence-electron chi connectivity index (χ2n) is 7.79. The van der Waals surface area contributed by atoms with Gasteiger partial charge in [0.15, 0.2) is 9.84 Å². The molecule has 1 aliphatic rings. The highest BCUT2D eigenvalue weighted by molar-refractivity contribution is 7.91. The molecular weight excluding hydrogens is 472 g/mol. The Morgan fingerprint density at radius 2 is 1.75 bits per heavy atom. The molecule has 0 aliphatic carbocycles. The van der Waals surface area contributed by atoms with Gasteiger partial charge in [0.25, 0.3) is 5.91 Å². The average Bonchev–Trinajstić information content (AvgIpc) is 3.12. The van der Waals surface area contributed by atoms with Gasteiger partial charge in [0, 0.05) is 28.2 Å². The van der Waals surface area contributed by atoms with E-state index in [4.69, 9.17) is 23.2 Å². The lowest BCUT2D eigenvalue weighted by Gasteiger charge is -2.29. The number of benzene rings is 3. The molecule has 4 nitrogen and oxygen atoms in total. The Labute approximate surface area is 196 Å². The SMILES string of the molecule is O=C(c1ccccc1F)N(Cc1ccc(-c2ccc(Cl)cc2Cl)cc1)C1CCS(=O)(=O)C1. The van der Waals surface area contributed by atoms with Crippen LogP contribution in [0, 0.1) is 5.82 Å². The Hall–Kier alpha value is -2.41. The van der Waals surface area contributed by atoms with Crippen LogP contribution in [0.2, 0.25) is 10.0 Å². The summed E-state index contributed by atoms with van der Waals surface area (Å²) in [4.78, 5) is 14.7. The van der Waals surface area contributed by atoms with Crippen LogP contribution in [0.3, 0.4) is 0 Å². The van der Waals surface area contributed by atoms with Crippen LogP contribution in [-0.4, -0.2) is 36.8 Å². The molecule has 1 amide bonds. The van der Waals surface area contributed by atoms with Gasteiger partial charge in [0.1, 0.15) is 5.82 Å². The van der Waals surface area contributed by atoms with Gasteiger partial charge in [-0.2, -0.15) is 0 Å². The molecule has 0 N–H and O–H groups in total. The molecule has 3 aromatic rings. The van der Waals surface area contributed by atoms with E-state index in [9.17, 15) is 17.6 Å². The average molecular weight is 492 g/mol. The van der Waals surface area contributed by atoms with Crippen molar-refractivity contribution in [2.45, 2.75) is 19.0 Å². The molecule has 1 aliphatic heterocycles. The highest BCUT2D eigenvalue weighted by Crippen LogP contribution is 2.31. The zero-order valence-electron chi connectivity index (χ0n) is 17.0. The number of carbonyl (C=O) groups is 1. The second kappa shape index (κ2) is 9.22. The molecule has 1 fully saturated rings. The van der Waals surface area contributed by atoms with Crippen LogP contribution in [0.1, 0.15) is 22.3 Å². The molecule has 166 valence electrons. The van der Waals surface area contributed by atoms with Crippen molar-refractivity contribution in [3.63, 3.8) is 0 Å². The van der Waals surface area contributed by atoms with Crippen molar-refractivity contribution < 1.29 is 17.6 Å². The molecule has 0 radical (unpaired) electrons. The van der Waals surface area contributed by atoms with Crippen molar-refractivity contribution in [1.82, 2.24) is 4.90 Å². The lowest BCUT2D eigenvalue weighted by Crippen LogP contribution is -2.41. The number of nitrogens with zero attached hydrogens (tertiary/aromatic N) is 1. The maximum Gasteiger partial charge on any atom is 0.257 e. The fourth-order valence-corrected chi connectivity index (χ4v) is 6.14. The predicted molar refractivity (Wildman–Crippen MR) is 125 cm³/mol. The minimum Gasteiger partial charge on any atom is -0.330 e. The maximum atomic E-state index is 14.3. The van der Waals surface area contributed by atoms with Gasteiger partial charge in [0.05, 0.1) is 17.1 Å². The normalized spacial score (nSPS) is 17.3. The van der Waals surface area contributed by atoms with E-state index in [1.54, 1.807) is 18.2 Å². The van der Waals surface area contributed by atoms with Crippen LogP contribution in [0.4, 0.5) is 4.39 Å². The monoisotopic (exact) mass is 491 g/mol. The summed E-state index contributed by atoms with van der Waals surface area (Å²) in [5.74, 6) is -1.25. The standard InChI is InChI=1S/C24H20Cl2FNO3S/c25-18-9-10-20(22(26)13-18)17-7-5-16(6-8-17)14-28(19-11-12-32(30,31)15-19)24(29)21-3-1-2-4-23(21)27/h1-10,13,19H,11-12,14-15H2. The minimum atomic E-state index is -3.22. The molecule has 0 bridgehead atoms. The Morgan fingerprint density at radius 3 is 2.38 bits per heavy atom. The van der Waals surface area contributed by atoms with Gasteiger partial charge in [-0.1, -0.05) is 65.7 Å². The van der Waals surface area contributed by atoms with Crippen molar-refractivity contribution in [1.29, 1.82) is 0 Å². The molecule has 8 heteroatoms. The van der Waals surface area contributed by atoms with Crippen LogP contribution >= 0.6 is 23.2 Å². The summed E-state index contributed by atoms with van der Waals surface area (Å²) in [6.07, 6.45) is 0.334. The number of halogens is 3. The smallest absolute Gasteiger partial charge is 0.257 e. The molecule has 1 heterocycles. The van der Waals surface area contributed by atoms with E-state index < -0.39 is 27.6 Å². The predicted octanol–water partition coefficient (Wildman–Crippen LogP) is 5.63. The van der Waals surface area contributed by atoms with Crippen LogP contribution in [0.25, 0.3) is 11.1 Å². The van der Waals surface area contributed by atoms with Crippen LogP contribution in [0.5, 0.6) is 0 Å². The Kier molecular flexibility index (Phi) is 6.56. The van der Waals surface area contributed by atoms with E-state index in [2.05, 4.69) is 0 Å². The van der Waals surface area contributed by atoms with Gasteiger partial charge in [-0.15, -0.1) is 0 Å². The van der Waals surface area contributed by atoms with Crippen molar-refractivity contribution in [2.24, 2.45) is 0 Å². The number of hydrogen-bond donors (Lipinski definition) is 0. The first-order valence-corrected chi connectivity index (χ1v) is 12.6. The molecule has 0 saturated carbocycles. The number of rotatable bonds is 5. The number of sulfone groups is 1. The lowest BCUT2D eigenvalue weighted by molar-refractivity contribution is 0.0676. The third-order valence-electron chi connectivity index (χ3n) is 5.56. The van der Waals surface area contributed by atoms with E-state index in [1.807, 2.05) is 30.3 Å². The van der Waals surface area contributed by atoms with E-state index in [0.29, 0.717) is 16.5 Å². The largest absolute Gasteiger partial charge is 0.330 e. The second-order valence-corrected chi connectivity index (χ2v) is 10.9. The van der Waals surface area contributed by atoms with Crippen LogP contribution in [-0.2, 0) is 16.4 Å². The van der Waals surface area contributed by atoms with Crippen molar-refractivity contribution >= 4 is 38.9 Å². The van der Waals surface area contributed by atoms with Crippen molar-refractivity contribution in [3.05, 3.63) is 93.7 Å². The van der Waals surface area contributed by atoms with E-state index in [-0.39, 0.29) is 23.6 Å². The molecule has 3 aromatic carbocycles. The third kappa shape index (κ3) is 4.98. The highest BCUT2D eigenvalue weighted by Gasteiger charge is 2.35. The first-order chi connectivity index (χ1) is 15.2. The molecule has 1 atom stereocenters. The minimum absolute atomic E-state index is 0.0206. The number of hydrogen-bond acceptors (Lipinski definition) is 3. The van der Waals surface area contributed by atoms with E-state index in [1.165, 1.54) is 23.1 Å². The zero-order chi connectivity index (χ0) is 22.9.